The highest BCUT2D eigenvalue weighted by atomic mass is 32.2. The van der Waals surface area contributed by atoms with Crippen molar-refractivity contribution in [3.63, 3.8) is 0 Å². The van der Waals surface area contributed by atoms with Gasteiger partial charge in [0, 0.05) is 18.2 Å². The maximum absolute atomic E-state index is 12.6. The highest BCUT2D eigenvalue weighted by Gasteiger charge is 2.48. The Bertz CT molecular complexity index is 894. The van der Waals surface area contributed by atoms with Crippen LogP contribution in [0.5, 0.6) is 5.75 Å². The molecule has 3 aliphatic rings. The number of sulfone groups is 1. The zero-order valence-corrected chi connectivity index (χ0v) is 18.4. The van der Waals surface area contributed by atoms with E-state index in [1.54, 1.807) is 7.11 Å². The van der Waals surface area contributed by atoms with Crippen LogP contribution in [0.2, 0.25) is 0 Å². The number of carbonyl (C=O) groups excluding carboxylic acids is 1. The van der Waals surface area contributed by atoms with E-state index < -0.39 is 9.84 Å². The normalized spacial score (nSPS) is 27.9. The van der Waals surface area contributed by atoms with E-state index in [0.717, 1.165) is 24.2 Å². The second kappa shape index (κ2) is 8.68. The van der Waals surface area contributed by atoms with Crippen molar-refractivity contribution in [1.82, 2.24) is 4.90 Å². The average Bonchev–Trinajstić information content (AvgIpc) is 3.15. The monoisotopic (exact) mass is 436 g/mol. The summed E-state index contributed by atoms with van der Waals surface area (Å²) in [5, 5.41) is 0.630. The standard InChI is InChI=1S/C21H28N2O4S2/c1-27-17-9-5-8-16(10-17)12-23-18-13-29(25,26)14-19(18)28-21(23)22-20(24)11-15-6-3-2-4-7-15/h5,8-10,15,18-19H,2-4,6-7,11-14H2,1H3/t18-,19+/m0/s1. The average molecular weight is 437 g/mol. The van der Waals surface area contributed by atoms with Crippen molar-refractivity contribution in [2.75, 3.05) is 18.6 Å². The first-order valence-corrected chi connectivity index (χ1v) is 13.0. The van der Waals surface area contributed by atoms with Gasteiger partial charge in [-0.05, 0) is 36.5 Å². The molecule has 0 spiro atoms. The fourth-order valence-corrected chi connectivity index (χ4v) is 8.55. The van der Waals surface area contributed by atoms with Gasteiger partial charge in [-0.1, -0.05) is 43.2 Å². The maximum Gasteiger partial charge on any atom is 0.248 e. The number of amides is 1. The third-order valence-electron chi connectivity index (χ3n) is 6.07. The van der Waals surface area contributed by atoms with Gasteiger partial charge < -0.3 is 9.64 Å². The third kappa shape index (κ3) is 4.97. The van der Waals surface area contributed by atoms with Crippen molar-refractivity contribution >= 4 is 32.7 Å². The SMILES string of the molecule is COc1cccc(CN2C(=NC(=O)CC3CCCCC3)S[C@@H]3CS(=O)(=O)C[C@@H]32)c1. The molecular weight excluding hydrogens is 408 g/mol. The lowest BCUT2D eigenvalue weighted by Crippen LogP contribution is -2.37. The molecule has 2 heterocycles. The van der Waals surface area contributed by atoms with Crippen LogP contribution in [0.25, 0.3) is 0 Å². The lowest BCUT2D eigenvalue weighted by atomic mass is 9.87. The highest BCUT2D eigenvalue weighted by molar-refractivity contribution is 8.15. The van der Waals surface area contributed by atoms with Gasteiger partial charge in [-0.15, -0.1) is 0 Å². The van der Waals surface area contributed by atoms with Crippen LogP contribution in [0.15, 0.2) is 29.3 Å². The predicted molar refractivity (Wildman–Crippen MR) is 116 cm³/mol. The Morgan fingerprint density at radius 2 is 2.03 bits per heavy atom. The summed E-state index contributed by atoms with van der Waals surface area (Å²) in [5.74, 6) is 1.42. The molecule has 0 unspecified atom stereocenters. The van der Waals surface area contributed by atoms with Gasteiger partial charge in [-0.3, -0.25) is 4.79 Å². The largest absolute Gasteiger partial charge is 0.497 e. The van der Waals surface area contributed by atoms with E-state index in [1.807, 2.05) is 29.2 Å². The second-order valence-electron chi connectivity index (χ2n) is 8.28. The van der Waals surface area contributed by atoms with E-state index in [4.69, 9.17) is 4.74 Å². The van der Waals surface area contributed by atoms with Gasteiger partial charge in [0.1, 0.15) is 5.75 Å². The van der Waals surface area contributed by atoms with Crippen molar-refractivity contribution in [2.24, 2.45) is 10.9 Å². The Kier molecular flexibility index (Phi) is 6.20. The molecule has 2 saturated heterocycles. The van der Waals surface area contributed by atoms with Crippen LogP contribution in [0, 0.1) is 5.92 Å². The quantitative estimate of drug-likeness (QED) is 0.705. The van der Waals surface area contributed by atoms with Crippen LogP contribution in [-0.2, 0) is 21.2 Å². The van der Waals surface area contributed by atoms with Crippen LogP contribution < -0.4 is 4.74 Å². The van der Waals surface area contributed by atoms with Crippen molar-refractivity contribution in [3.05, 3.63) is 29.8 Å². The first-order chi connectivity index (χ1) is 13.9. The molecule has 1 amide bonds. The lowest BCUT2D eigenvalue weighted by Gasteiger charge is -2.25. The number of carbonyl (C=O) groups is 1. The molecule has 1 saturated carbocycles. The molecule has 4 rings (SSSR count). The number of nitrogens with zero attached hydrogens (tertiary/aromatic N) is 2. The van der Waals surface area contributed by atoms with Gasteiger partial charge in [0.2, 0.25) is 5.91 Å². The molecule has 0 bridgehead atoms. The van der Waals surface area contributed by atoms with Gasteiger partial charge in [-0.2, -0.15) is 4.99 Å². The van der Waals surface area contributed by atoms with E-state index in [2.05, 4.69) is 4.99 Å². The molecular formula is C21H28N2O4S2. The molecule has 8 heteroatoms. The van der Waals surface area contributed by atoms with Crippen LogP contribution in [0.1, 0.15) is 44.1 Å². The number of hydrogen-bond acceptors (Lipinski definition) is 5. The molecule has 0 N–H and O–H groups in total. The molecule has 1 aromatic rings. The number of benzene rings is 1. The maximum atomic E-state index is 12.6. The van der Waals surface area contributed by atoms with Crippen LogP contribution in [0.3, 0.4) is 0 Å². The zero-order valence-electron chi connectivity index (χ0n) is 16.7. The first-order valence-electron chi connectivity index (χ1n) is 10.3. The van der Waals surface area contributed by atoms with Gasteiger partial charge in [0.05, 0.1) is 24.7 Å². The summed E-state index contributed by atoms with van der Waals surface area (Å²) in [6.07, 6.45) is 6.40. The summed E-state index contributed by atoms with van der Waals surface area (Å²) >= 11 is 1.46. The van der Waals surface area contributed by atoms with Crippen molar-refractivity contribution in [2.45, 2.75) is 56.4 Å². The Labute approximate surface area is 177 Å². The van der Waals surface area contributed by atoms with Gasteiger partial charge in [-0.25, -0.2) is 8.42 Å². The van der Waals surface area contributed by atoms with E-state index in [1.165, 1.54) is 31.0 Å². The third-order valence-corrected chi connectivity index (χ3v) is 9.32. The second-order valence-corrected chi connectivity index (χ2v) is 11.6. The van der Waals surface area contributed by atoms with E-state index >= 15 is 0 Å². The number of thioether (sulfide) groups is 1. The number of ether oxygens (including phenoxy) is 1. The van der Waals surface area contributed by atoms with Crippen LogP contribution >= 0.6 is 11.8 Å². The fourth-order valence-electron chi connectivity index (χ4n) is 4.58. The predicted octanol–water partition coefficient (Wildman–Crippen LogP) is 3.26. The number of fused-ring (bicyclic) bond motifs is 1. The van der Waals surface area contributed by atoms with Crippen molar-refractivity contribution < 1.29 is 17.9 Å². The highest BCUT2D eigenvalue weighted by Crippen LogP contribution is 2.39. The number of hydrogen-bond donors (Lipinski definition) is 0. The summed E-state index contributed by atoms with van der Waals surface area (Å²) in [5.41, 5.74) is 1.02. The molecule has 158 valence electrons. The summed E-state index contributed by atoms with van der Waals surface area (Å²) in [6, 6.07) is 7.62. The van der Waals surface area contributed by atoms with Gasteiger partial charge >= 0.3 is 0 Å². The van der Waals surface area contributed by atoms with Gasteiger partial charge in [0.15, 0.2) is 15.0 Å². The molecule has 0 aromatic heterocycles. The van der Waals surface area contributed by atoms with E-state index in [9.17, 15) is 13.2 Å². The number of methoxy groups -OCH3 is 1. The number of amidine groups is 1. The summed E-state index contributed by atoms with van der Waals surface area (Å²) < 4.78 is 29.6. The summed E-state index contributed by atoms with van der Waals surface area (Å²) in [6.45, 7) is 0.524. The molecule has 6 nitrogen and oxygen atoms in total. The van der Waals surface area contributed by atoms with Gasteiger partial charge in [0.25, 0.3) is 0 Å². The summed E-state index contributed by atoms with van der Waals surface area (Å²) in [4.78, 5) is 19.1. The van der Waals surface area contributed by atoms with Crippen molar-refractivity contribution in [1.29, 1.82) is 0 Å². The molecule has 3 fully saturated rings. The molecule has 1 aliphatic carbocycles. The minimum Gasteiger partial charge on any atom is -0.497 e. The molecule has 2 atom stereocenters. The first kappa shape index (κ1) is 20.7. The Balaban J connectivity index is 1.53. The van der Waals surface area contributed by atoms with Crippen molar-refractivity contribution in [3.8, 4) is 5.75 Å². The smallest absolute Gasteiger partial charge is 0.248 e. The Morgan fingerprint density at radius 3 is 2.79 bits per heavy atom. The van der Waals surface area contributed by atoms with E-state index in [-0.39, 0.29) is 28.7 Å². The van der Waals surface area contributed by atoms with Crippen LogP contribution in [0.4, 0.5) is 0 Å². The topological polar surface area (TPSA) is 76.0 Å². The zero-order chi connectivity index (χ0) is 20.4. The van der Waals surface area contributed by atoms with E-state index in [0.29, 0.717) is 24.1 Å². The lowest BCUT2D eigenvalue weighted by molar-refractivity contribution is -0.118. The Hall–Kier alpha value is -1.54. The fraction of sp³-hybridized carbons (Fsp3) is 0.619. The Morgan fingerprint density at radius 1 is 1.24 bits per heavy atom. The molecule has 1 aromatic carbocycles. The number of rotatable bonds is 5. The van der Waals surface area contributed by atoms with Crippen LogP contribution in [-0.4, -0.2) is 54.3 Å². The molecule has 2 aliphatic heterocycles. The number of aliphatic imine (C=N–C) groups is 1. The molecule has 29 heavy (non-hydrogen) atoms. The minimum absolute atomic E-state index is 0.0492. The minimum atomic E-state index is -3.05. The summed E-state index contributed by atoms with van der Waals surface area (Å²) in [7, 11) is -1.42. The molecule has 0 radical (unpaired) electrons.